The first-order valence-electron chi connectivity index (χ1n) is 6.26. The predicted octanol–water partition coefficient (Wildman–Crippen LogP) is 4.88. The van der Waals surface area contributed by atoms with Crippen LogP contribution in [0.1, 0.15) is 37.0 Å². The molecule has 0 heterocycles. The van der Waals surface area contributed by atoms with E-state index in [0.717, 1.165) is 17.3 Å². The molecule has 0 aliphatic rings. The van der Waals surface area contributed by atoms with Crippen LogP contribution in [-0.4, -0.2) is 18.3 Å². The molecule has 1 amide bonds. The minimum atomic E-state index is -0.125. The zero-order chi connectivity index (χ0) is 14.5. The third-order valence-electron chi connectivity index (χ3n) is 3.53. The van der Waals surface area contributed by atoms with E-state index in [1.54, 1.807) is 18.2 Å². The quantitative estimate of drug-likeness (QED) is 0.714. The van der Waals surface area contributed by atoms with Crippen molar-refractivity contribution in [3.8, 4) is 0 Å². The smallest absolute Gasteiger partial charge is 0.251 e. The number of rotatable bonds is 6. The van der Waals surface area contributed by atoms with E-state index in [9.17, 15) is 4.79 Å². The molecule has 0 unspecified atom stereocenters. The average molecular weight is 367 g/mol. The van der Waals surface area contributed by atoms with Gasteiger partial charge in [-0.1, -0.05) is 41.4 Å². The first-order chi connectivity index (χ1) is 8.96. The van der Waals surface area contributed by atoms with Gasteiger partial charge in [0.15, 0.2) is 0 Å². The summed E-state index contributed by atoms with van der Waals surface area (Å²) in [5, 5.41) is 3.48. The van der Waals surface area contributed by atoms with E-state index in [0.29, 0.717) is 23.0 Å². The van der Waals surface area contributed by atoms with Gasteiger partial charge < -0.3 is 5.32 Å². The largest absolute Gasteiger partial charge is 0.351 e. The zero-order valence-electron chi connectivity index (χ0n) is 11.1. The van der Waals surface area contributed by atoms with Crippen molar-refractivity contribution in [1.29, 1.82) is 0 Å². The summed E-state index contributed by atoms with van der Waals surface area (Å²) in [4.78, 5) is 12.1. The molecule has 5 heteroatoms. The Morgan fingerprint density at radius 1 is 1.32 bits per heavy atom. The first kappa shape index (κ1) is 16.8. The number of benzene rings is 1. The van der Waals surface area contributed by atoms with Gasteiger partial charge in [0.25, 0.3) is 5.91 Å². The van der Waals surface area contributed by atoms with Crippen LogP contribution in [0.25, 0.3) is 0 Å². The van der Waals surface area contributed by atoms with Gasteiger partial charge in [0.05, 0.1) is 0 Å². The van der Waals surface area contributed by atoms with Crippen LogP contribution < -0.4 is 5.32 Å². The lowest BCUT2D eigenvalue weighted by Crippen LogP contribution is -2.38. The SMILES string of the molecule is CCC(CC)(CCl)CNC(=O)c1cc(Cl)cc(Br)c1. The summed E-state index contributed by atoms with van der Waals surface area (Å²) in [6.45, 7) is 4.76. The van der Waals surface area contributed by atoms with Crippen molar-refractivity contribution in [2.24, 2.45) is 5.41 Å². The lowest BCUT2D eigenvalue weighted by atomic mass is 9.84. The molecule has 0 aliphatic heterocycles. The van der Waals surface area contributed by atoms with Crippen molar-refractivity contribution >= 4 is 45.0 Å². The Balaban J connectivity index is 2.74. The van der Waals surface area contributed by atoms with Gasteiger partial charge in [-0.05, 0) is 31.0 Å². The Bertz CT molecular complexity index is 419. The van der Waals surface area contributed by atoms with E-state index in [1.165, 1.54) is 0 Å². The van der Waals surface area contributed by atoms with Crippen LogP contribution >= 0.6 is 39.1 Å². The van der Waals surface area contributed by atoms with Crippen LogP contribution in [0.3, 0.4) is 0 Å². The second kappa shape index (κ2) is 7.51. The van der Waals surface area contributed by atoms with Gasteiger partial charge in [-0.15, -0.1) is 11.6 Å². The number of hydrogen-bond acceptors (Lipinski definition) is 1. The fraction of sp³-hybridized carbons (Fsp3) is 0.500. The summed E-state index contributed by atoms with van der Waals surface area (Å²) >= 11 is 15.3. The molecule has 19 heavy (non-hydrogen) atoms. The van der Waals surface area contributed by atoms with Crippen LogP contribution in [0.5, 0.6) is 0 Å². The molecule has 0 saturated heterocycles. The van der Waals surface area contributed by atoms with Gasteiger partial charge in [-0.3, -0.25) is 4.79 Å². The maximum Gasteiger partial charge on any atom is 0.251 e. The minimum absolute atomic E-state index is 0.0347. The molecule has 0 spiro atoms. The van der Waals surface area contributed by atoms with Crippen molar-refractivity contribution in [3.05, 3.63) is 33.3 Å². The molecule has 0 atom stereocenters. The highest BCUT2D eigenvalue weighted by Crippen LogP contribution is 2.27. The highest BCUT2D eigenvalue weighted by molar-refractivity contribution is 9.10. The molecule has 0 bridgehead atoms. The molecular formula is C14H18BrCl2NO. The molecule has 0 saturated carbocycles. The van der Waals surface area contributed by atoms with Crippen molar-refractivity contribution < 1.29 is 4.79 Å². The van der Waals surface area contributed by atoms with Gasteiger partial charge in [-0.2, -0.15) is 0 Å². The third kappa shape index (κ3) is 4.66. The van der Waals surface area contributed by atoms with E-state index in [-0.39, 0.29) is 11.3 Å². The molecule has 0 aliphatic carbocycles. The fourth-order valence-electron chi connectivity index (χ4n) is 1.79. The summed E-state index contributed by atoms with van der Waals surface area (Å²) < 4.78 is 0.791. The summed E-state index contributed by atoms with van der Waals surface area (Å²) in [6.07, 6.45) is 1.87. The van der Waals surface area contributed by atoms with Crippen molar-refractivity contribution in [2.45, 2.75) is 26.7 Å². The molecule has 0 fully saturated rings. The normalized spacial score (nSPS) is 11.4. The van der Waals surface area contributed by atoms with Gasteiger partial charge in [0, 0.05) is 32.9 Å². The van der Waals surface area contributed by atoms with E-state index < -0.39 is 0 Å². The molecule has 1 N–H and O–H groups in total. The number of halogens is 3. The number of nitrogens with one attached hydrogen (secondary N) is 1. The second-order valence-electron chi connectivity index (χ2n) is 4.68. The molecular weight excluding hydrogens is 349 g/mol. The lowest BCUT2D eigenvalue weighted by Gasteiger charge is -2.29. The van der Waals surface area contributed by atoms with Crippen molar-refractivity contribution in [1.82, 2.24) is 5.32 Å². The van der Waals surface area contributed by atoms with Crippen LogP contribution in [0.15, 0.2) is 22.7 Å². The number of amides is 1. The highest BCUT2D eigenvalue weighted by Gasteiger charge is 2.25. The Kier molecular flexibility index (Phi) is 6.64. The van der Waals surface area contributed by atoms with Gasteiger partial charge in [0.2, 0.25) is 0 Å². The monoisotopic (exact) mass is 365 g/mol. The summed E-state index contributed by atoms with van der Waals surface area (Å²) in [5.74, 6) is 0.416. The predicted molar refractivity (Wildman–Crippen MR) is 85.2 cm³/mol. The molecule has 0 radical (unpaired) electrons. The third-order valence-corrected chi connectivity index (χ3v) is 4.78. The van der Waals surface area contributed by atoms with Crippen LogP contribution in [0.2, 0.25) is 5.02 Å². The molecule has 1 rings (SSSR count). The van der Waals surface area contributed by atoms with Crippen molar-refractivity contribution in [2.75, 3.05) is 12.4 Å². The number of hydrogen-bond donors (Lipinski definition) is 1. The summed E-state index contributed by atoms with van der Waals surface area (Å²) in [6, 6.07) is 5.16. The Morgan fingerprint density at radius 3 is 2.42 bits per heavy atom. The van der Waals surface area contributed by atoms with Gasteiger partial charge >= 0.3 is 0 Å². The standard InChI is InChI=1S/C14H18BrCl2NO/c1-3-14(4-2,8-16)9-18-13(19)10-5-11(15)7-12(17)6-10/h5-7H,3-4,8-9H2,1-2H3,(H,18,19). The topological polar surface area (TPSA) is 29.1 Å². The van der Waals surface area contributed by atoms with E-state index >= 15 is 0 Å². The zero-order valence-corrected chi connectivity index (χ0v) is 14.2. The molecule has 1 aromatic rings. The van der Waals surface area contributed by atoms with Gasteiger partial charge in [-0.25, -0.2) is 0 Å². The van der Waals surface area contributed by atoms with Crippen LogP contribution in [-0.2, 0) is 0 Å². The number of alkyl halides is 1. The maximum absolute atomic E-state index is 12.1. The van der Waals surface area contributed by atoms with Gasteiger partial charge in [0.1, 0.15) is 0 Å². The lowest BCUT2D eigenvalue weighted by molar-refractivity contribution is 0.0931. The second-order valence-corrected chi connectivity index (χ2v) is 6.30. The Morgan fingerprint density at radius 2 is 1.95 bits per heavy atom. The fourth-order valence-corrected chi connectivity index (χ4v) is 3.12. The van der Waals surface area contributed by atoms with Crippen LogP contribution in [0.4, 0.5) is 0 Å². The molecule has 1 aromatic carbocycles. The minimum Gasteiger partial charge on any atom is -0.351 e. The van der Waals surface area contributed by atoms with E-state index in [2.05, 4.69) is 35.1 Å². The number of carbonyl (C=O) groups is 1. The summed E-state index contributed by atoms with van der Waals surface area (Å²) in [5.41, 5.74) is 0.516. The Labute approximate surface area is 133 Å². The molecule has 106 valence electrons. The highest BCUT2D eigenvalue weighted by atomic mass is 79.9. The first-order valence-corrected chi connectivity index (χ1v) is 7.97. The van der Waals surface area contributed by atoms with Crippen molar-refractivity contribution in [3.63, 3.8) is 0 Å². The van der Waals surface area contributed by atoms with E-state index in [4.69, 9.17) is 23.2 Å². The van der Waals surface area contributed by atoms with Crippen LogP contribution in [0, 0.1) is 5.41 Å². The van der Waals surface area contributed by atoms with E-state index in [1.807, 2.05) is 0 Å². The molecule has 2 nitrogen and oxygen atoms in total. The maximum atomic E-state index is 12.1. The number of carbonyl (C=O) groups excluding carboxylic acids is 1. The average Bonchev–Trinajstić information content (AvgIpc) is 2.39. The molecule has 0 aromatic heterocycles. The Hall–Kier alpha value is -0.250. The summed E-state index contributed by atoms with van der Waals surface area (Å²) in [7, 11) is 0.